The van der Waals surface area contributed by atoms with Crippen molar-refractivity contribution in [1.82, 2.24) is 0 Å². The van der Waals surface area contributed by atoms with E-state index in [4.69, 9.17) is 14.6 Å². The van der Waals surface area contributed by atoms with Crippen molar-refractivity contribution >= 4 is 0 Å². The van der Waals surface area contributed by atoms with Gasteiger partial charge in [0.05, 0.1) is 18.3 Å². The Morgan fingerprint density at radius 2 is 2.25 bits per heavy atom. The molecule has 0 amide bonds. The van der Waals surface area contributed by atoms with Crippen LogP contribution in [-0.4, -0.2) is 37.1 Å². The van der Waals surface area contributed by atoms with E-state index in [9.17, 15) is 0 Å². The summed E-state index contributed by atoms with van der Waals surface area (Å²) >= 11 is 0. The molecule has 1 saturated heterocycles. The van der Waals surface area contributed by atoms with E-state index in [1.165, 1.54) is 0 Å². The van der Waals surface area contributed by atoms with E-state index in [2.05, 4.69) is 0 Å². The Labute approximate surface area is 73.7 Å². The predicted octanol–water partition coefficient (Wildman–Crippen LogP) is 0.951. The second-order valence-corrected chi connectivity index (χ2v) is 3.33. The molecule has 1 heterocycles. The summed E-state index contributed by atoms with van der Waals surface area (Å²) in [6, 6.07) is 0. The summed E-state index contributed by atoms with van der Waals surface area (Å²) in [6.45, 7) is 2.24. The zero-order valence-corrected chi connectivity index (χ0v) is 7.82. The van der Waals surface area contributed by atoms with Gasteiger partial charge in [-0.2, -0.15) is 0 Å². The van der Waals surface area contributed by atoms with Crippen molar-refractivity contribution in [3.63, 3.8) is 0 Å². The third-order valence-electron chi connectivity index (χ3n) is 2.46. The lowest BCUT2D eigenvalue weighted by Gasteiger charge is -2.33. The van der Waals surface area contributed by atoms with Crippen LogP contribution >= 0.6 is 0 Å². The Balaban J connectivity index is 2.30. The molecule has 3 heteroatoms. The summed E-state index contributed by atoms with van der Waals surface area (Å²) in [7, 11) is 1.72. The minimum atomic E-state index is 0.167. The molecule has 3 atom stereocenters. The second-order valence-electron chi connectivity index (χ2n) is 3.33. The summed E-state index contributed by atoms with van der Waals surface area (Å²) in [6.07, 6.45) is 3.43. The molecule has 0 spiro atoms. The topological polar surface area (TPSA) is 38.7 Å². The van der Waals surface area contributed by atoms with Crippen molar-refractivity contribution in [3.05, 3.63) is 0 Å². The van der Waals surface area contributed by atoms with Crippen LogP contribution < -0.4 is 0 Å². The molecule has 12 heavy (non-hydrogen) atoms. The quantitative estimate of drug-likeness (QED) is 0.692. The molecule has 2 unspecified atom stereocenters. The first kappa shape index (κ1) is 9.96. The van der Waals surface area contributed by atoms with Crippen molar-refractivity contribution in [3.8, 4) is 0 Å². The van der Waals surface area contributed by atoms with Gasteiger partial charge in [0.1, 0.15) is 0 Å². The number of aliphatic hydroxyl groups is 1. The van der Waals surface area contributed by atoms with Gasteiger partial charge in [-0.3, -0.25) is 0 Å². The number of rotatable bonds is 3. The number of methoxy groups -OCH3 is 1. The van der Waals surface area contributed by atoms with Crippen LogP contribution in [0.5, 0.6) is 0 Å². The minimum absolute atomic E-state index is 0.167. The van der Waals surface area contributed by atoms with Crippen LogP contribution in [0.2, 0.25) is 0 Å². The van der Waals surface area contributed by atoms with Crippen LogP contribution in [-0.2, 0) is 9.47 Å². The van der Waals surface area contributed by atoms with E-state index in [0.29, 0.717) is 0 Å². The zero-order valence-electron chi connectivity index (χ0n) is 7.82. The molecule has 1 fully saturated rings. The van der Waals surface area contributed by atoms with E-state index >= 15 is 0 Å². The van der Waals surface area contributed by atoms with Gasteiger partial charge in [-0.1, -0.05) is 0 Å². The minimum Gasteiger partial charge on any atom is -0.396 e. The number of hydrogen-bond donors (Lipinski definition) is 1. The van der Waals surface area contributed by atoms with Gasteiger partial charge < -0.3 is 14.6 Å². The highest BCUT2D eigenvalue weighted by atomic mass is 16.5. The molecule has 72 valence electrons. The van der Waals surface area contributed by atoms with Gasteiger partial charge in [-0.25, -0.2) is 0 Å². The molecular weight excluding hydrogens is 156 g/mol. The lowest BCUT2D eigenvalue weighted by molar-refractivity contribution is -0.125. The van der Waals surface area contributed by atoms with Crippen molar-refractivity contribution in [2.45, 2.75) is 44.5 Å². The molecule has 1 aliphatic rings. The first-order valence-corrected chi connectivity index (χ1v) is 4.57. The van der Waals surface area contributed by atoms with Crippen molar-refractivity contribution in [2.24, 2.45) is 0 Å². The second kappa shape index (κ2) is 4.80. The summed E-state index contributed by atoms with van der Waals surface area (Å²) in [5.41, 5.74) is 0. The van der Waals surface area contributed by atoms with Crippen LogP contribution in [0.25, 0.3) is 0 Å². The summed E-state index contributed by atoms with van der Waals surface area (Å²) in [4.78, 5) is 0. The highest BCUT2D eigenvalue weighted by molar-refractivity contribution is 4.76. The summed E-state index contributed by atoms with van der Waals surface area (Å²) in [5, 5.41) is 8.72. The van der Waals surface area contributed by atoms with Gasteiger partial charge in [0, 0.05) is 13.7 Å². The Kier molecular flexibility index (Phi) is 3.98. The maximum Gasteiger partial charge on any atom is 0.0831 e. The first-order valence-electron chi connectivity index (χ1n) is 4.57. The third kappa shape index (κ3) is 2.44. The van der Waals surface area contributed by atoms with Gasteiger partial charge in [0.2, 0.25) is 0 Å². The lowest BCUT2D eigenvalue weighted by Crippen LogP contribution is -2.38. The first-order chi connectivity index (χ1) is 5.77. The van der Waals surface area contributed by atoms with Crippen LogP contribution in [0.15, 0.2) is 0 Å². The smallest absolute Gasteiger partial charge is 0.0831 e. The van der Waals surface area contributed by atoms with Gasteiger partial charge in [-0.05, 0) is 26.2 Å². The molecule has 0 aliphatic carbocycles. The predicted molar refractivity (Wildman–Crippen MR) is 46.1 cm³/mol. The monoisotopic (exact) mass is 174 g/mol. The molecular formula is C9H18O3. The molecule has 1 N–H and O–H groups in total. The summed E-state index contributed by atoms with van der Waals surface area (Å²) in [5.74, 6) is 0. The molecule has 0 aromatic heterocycles. The van der Waals surface area contributed by atoms with E-state index in [1.54, 1.807) is 7.11 Å². The maximum absolute atomic E-state index is 8.72. The van der Waals surface area contributed by atoms with Crippen molar-refractivity contribution in [2.75, 3.05) is 13.7 Å². The van der Waals surface area contributed by atoms with Crippen LogP contribution in [0.4, 0.5) is 0 Å². The average molecular weight is 174 g/mol. The highest BCUT2D eigenvalue weighted by Crippen LogP contribution is 2.22. The third-order valence-corrected chi connectivity index (χ3v) is 2.46. The maximum atomic E-state index is 8.72. The zero-order chi connectivity index (χ0) is 8.97. The standard InChI is InChI=1S/C9H18O3/c1-7-9(11-2)4-3-8(12-7)5-6-10/h7-10H,3-6H2,1-2H3/t7-,8?,9?/m0/s1. The molecule has 1 aliphatic heterocycles. The van der Waals surface area contributed by atoms with Crippen molar-refractivity contribution in [1.29, 1.82) is 0 Å². The summed E-state index contributed by atoms with van der Waals surface area (Å²) < 4.78 is 10.9. The van der Waals surface area contributed by atoms with Crippen LogP contribution in [0, 0.1) is 0 Å². The van der Waals surface area contributed by atoms with Gasteiger partial charge >= 0.3 is 0 Å². The lowest BCUT2D eigenvalue weighted by atomic mass is 10.0. The van der Waals surface area contributed by atoms with Crippen LogP contribution in [0.3, 0.4) is 0 Å². The number of ether oxygens (including phenoxy) is 2. The number of hydrogen-bond acceptors (Lipinski definition) is 3. The van der Waals surface area contributed by atoms with E-state index in [1.807, 2.05) is 6.92 Å². The Bertz CT molecular complexity index is 127. The van der Waals surface area contributed by atoms with Crippen LogP contribution in [0.1, 0.15) is 26.2 Å². The van der Waals surface area contributed by atoms with Crippen molar-refractivity contribution < 1.29 is 14.6 Å². The molecule has 0 aromatic carbocycles. The number of aliphatic hydroxyl groups excluding tert-OH is 1. The fourth-order valence-corrected chi connectivity index (χ4v) is 1.71. The Morgan fingerprint density at radius 1 is 1.50 bits per heavy atom. The average Bonchev–Trinajstić information content (AvgIpc) is 2.05. The SMILES string of the molecule is COC1CCC(CCO)O[C@H]1C. The fraction of sp³-hybridized carbons (Fsp3) is 1.00. The molecule has 0 bridgehead atoms. The fourth-order valence-electron chi connectivity index (χ4n) is 1.71. The highest BCUT2D eigenvalue weighted by Gasteiger charge is 2.27. The van der Waals surface area contributed by atoms with Gasteiger partial charge in [-0.15, -0.1) is 0 Å². The van der Waals surface area contributed by atoms with Gasteiger partial charge in [0.25, 0.3) is 0 Å². The van der Waals surface area contributed by atoms with E-state index in [0.717, 1.165) is 19.3 Å². The van der Waals surface area contributed by atoms with Gasteiger partial charge in [0.15, 0.2) is 0 Å². The normalized spacial score (nSPS) is 36.8. The molecule has 1 rings (SSSR count). The molecule has 0 saturated carbocycles. The molecule has 3 nitrogen and oxygen atoms in total. The van der Waals surface area contributed by atoms with E-state index in [-0.39, 0.29) is 24.9 Å². The Morgan fingerprint density at radius 3 is 2.75 bits per heavy atom. The molecule has 0 radical (unpaired) electrons. The Hall–Kier alpha value is -0.120. The van der Waals surface area contributed by atoms with E-state index < -0.39 is 0 Å². The molecule has 0 aromatic rings. The largest absolute Gasteiger partial charge is 0.396 e.